The summed E-state index contributed by atoms with van der Waals surface area (Å²) < 4.78 is 5.72. The third-order valence-corrected chi connectivity index (χ3v) is 23.9. The molecule has 0 aliphatic heterocycles. The summed E-state index contributed by atoms with van der Waals surface area (Å²) >= 11 is -2.93. The Labute approximate surface area is 234 Å². The Hall–Kier alpha value is -2.39. The molecule has 0 aromatic heterocycles. The van der Waals surface area contributed by atoms with Crippen LogP contribution in [-0.2, 0) is 0 Å². The number of carbonyl (C=O) groups is 1. The van der Waals surface area contributed by atoms with Crippen molar-refractivity contribution in [2.75, 3.05) is 0 Å². The predicted molar refractivity (Wildman–Crippen MR) is 169 cm³/mol. The number of rotatable bonds is 13. The first kappa shape index (κ1) is 28.6. The minimum absolute atomic E-state index is 0.156. The van der Waals surface area contributed by atoms with Gasteiger partial charge in [-0.1, -0.05) is 0 Å². The second kappa shape index (κ2) is 13.6. The number of ketones is 1. The van der Waals surface area contributed by atoms with Crippen molar-refractivity contribution < 1.29 is 4.79 Å². The Morgan fingerprint density at radius 1 is 0.684 bits per heavy atom. The second-order valence-electron chi connectivity index (χ2n) is 11.0. The normalized spacial score (nSPS) is 11.7. The van der Waals surface area contributed by atoms with E-state index >= 15 is 0 Å². The maximum absolute atomic E-state index is 14.5. The number of benzene rings is 4. The summed E-state index contributed by atoms with van der Waals surface area (Å²) in [6, 6.07) is 30.1. The van der Waals surface area contributed by atoms with E-state index in [1.165, 1.54) is 73.9 Å². The molecule has 0 radical (unpaired) electrons. The summed E-state index contributed by atoms with van der Waals surface area (Å²) in [7, 11) is 0. The molecular formula is C36H44OSn. The summed E-state index contributed by atoms with van der Waals surface area (Å²) in [6.07, 6.45) is 7.60. The third kappa shape index (κ3) is 6.25. The van der Waals surface area contributed by atoms with E-state index in [4.69, 9.17) is 0 Å². The molecule has 4 aromatic rings. The first-order chi connectivity index (χ1) is 18.5. The Morgan fingerprint density at radius 3 is 1.82 bits per heavy atom. The Morgan fingerprint density at radius 2 is 1.24 bits per heavy atom. The molecule has 0 heterocycles. The van der Waals surface area contributed by atoms with Crippen LogP contribution in [-0.4, -0.2) is 24.2 Å². The van der Waals surface area contributed by atoms with E-state index in [9.17, 15) is 4.79 Å². The van der Waals surface area contributed by atoms with Crippen LogP contribution in [0.2, 0.25) is 13.3 Å². The summed E-state index contributed by atoms with van der Waals surface area (Å²) in [5.74, 6) is 0.156. The van der Waals surface area contributed by atoms with Crippen LogP contribution in [0.3, 0.4) is 0 Å². The molecule has 0 amide bonds. The molecule has 4 rings (SSSR count). The van der Waals surface area contributed by atoms with E-state index in [-0.39, 0.29) is 5.78 Å². The van der Waals surface area contributed by atoms with Crippen molar-refractivity contribution in [3.8, 4) is 11.1 Å². The molecule has 0 atom stereocenters. The van der Waals surface area contributed by atoms with E-state index < -0.39 is 18.4 Å². The zero-order valence-corrected chi connectivity index (χ0v) is 26.7. The van der Waals surface area contributed by atoms with Crippen LogP contribution in [0, 0.1) is 6.92 Å². The average Bonchev–Trinajstić information content (AvgIpc) is 2.96. The van der Waals surface area contributed by atoms with Crippen LogP contribution in [0.15, 0.2) is 84.9 Å². The van der Waals surface area contributed by atoms with Crippen molar-refractivity contribution >= 4 is 38.5 Å². The first-order valence-electron chi connectivity index (χ1n) is 14.8. The molecule has 1 nitrogen and oxygen atoms in total. The van der Waals surface area contributed by atoms with Crippen LogP contribution in [0.4, 0.5) is 0 Å². The van der Waals surface area contributed by atoms with Crippen LogP contribution in [0.25, 0.3) is 21.9 Å². The van der Waals surface area contributed by atoms with Gasteiger partial charge in [-0.25, -0.2) is 0 Å². The van der Waals surface area contributed by atoms with Crippen LogP contribution in [0.5, 0.6) is 0 Å². The van der Waals surface area contributed by atoms with E-state index in [0.717, 1.165) is 16.5 Å². The Balaban J connectivity index is 2.11. The first-order valence-corrected chi connectivity index (χ1v) is 22.3. The van der Waals surface area contributed by atoms with E-state index in [0.29, 0.717) is 0 Å². The number of hydrogen-bond acceptors (Lipinski definition) is 1. The van der Waals surface area contributed by atoms with Gasteiger partial charge in [-0.2, -0.15) is 0 Å². The van der Waals surface area contributed by atoms with E-state index in [2.05, 4.69) is 100 Å². The van der Waals surface area contributed by atoms with Crippen LogP contribution >= 0.6 is 0 Å². The number of hydrogen-bond donors (Lipinski definition) is 0. The molecule has 0 aliphatic carbocycles. The standard InChI is InChI=1S/C24H17O.3C4H9.Sn/c1-17-11-13-20(14-12-17)24(25)23-21-10-6-5-9-19(21)15-16-22(23)18-7-3-2-4-8-18;3*1-3-4-2;/h2-15H,1H3;3*1,3-4H2,2H3;. The van der Waals surface area contributed by atoms with Gasteiger partial charge in [0.2, 0.25) is 0 Å². The summed E-state index contributed by atoms with van der Waals surface area (Å²) in [6.45, 7) is 9.08. The van der Waals surface area contributed by atoms with Gasteiger partial charge in [0.25, 0.3) is 0 Å². The number of fused-ring (bicyclic) bond motifs is 1. The Kier molecular flexibility index (Phi) is 10.2. The topological polar surface area (TPSA) is 17.1 Å². The molecule has 198 valence electrons. The summed E-state index contributed by atoms with van der Waals surface area (Å²) in [5.41, 5.74) is 5.32. The van der Waals surface area contributed by atoms with Crippen molar-refractivity contribution in [2.45, 2.75) is 79.5 Å². The van der Waals surface area contributed by atoms with Crippen LogP contribution in [0.1, 0.15) is 80.8 Å². The van der Waals surface area contributed by atoms with Crippen molar-refractivity contribution in [3.63, 3.8) is 0 Å². The van der Waals surface area contributed by atoms with Crippen molar-refractivity contribution in [1.29, 1.82) is 0 Å². The molecule has 0 fully saturated rings. The van der Waals surface area contributed by atoms with Gasteiger partial charge < -0.3 is 0 Å². The molecule has 38 heavy (non-hydrogen) atoms. The molecule has 0 bridgehead atoms. The quantitative estimate of drug-likeness (QED) is 0.109. The molecule has 4 aromatic carbocycles. The average molecular weight is 611 g/mol. The maximum atomic E-state index is 14.5. The van der Waals surface area contributed by atoms with Gasteiger partial charge in [-0.3, -0.25) is 0 Å². The van der Waals surface area contributed by atoms with Crippen LogP contribution < -0.4 is 3.58 Å². The fourth-order valence-corrected chi connectivity index (χ4v) is 22.9. The molecule has 0 saturated heterocycles. The minimum atomic E-state index is -2.93. The molecule has 0 saturated carbocycles. The fraction of sp³-hybridized carbons (Fsp3) is 0.361. The monoisotopic (exact) mass is 612 g/mol. The van der Waals surface area contributed by atoms with Gasteiger partial charge in [-0.15, -0.1) is 0 Å². The van der Waals surface area contributed by atoms with Crippen molar-refractivity contribution in [1.82, 2.24) is 0 Å². The van der Waals surface area contributed by atoms with Crippen molar-refractivity contribution in [2.24, 2.45) is 0 Å². The third-order valence-electron chi connectivity index (χ3n) is 8.25. The number of aryl methyl sites for hydroxylation is 1. The molecule has 0 N–H and O–H groups in total. The number of carbonyl (C=O) groups excluding carboxylic acids is 1. The summed E-state index contributed by atoms with van der Waals surface area (Å²) in [5, 5.41) is 2.31. The second-order valence-corrected chi connectivity index (χ2v) is 24.2. The van der Waals surface area contributed by atoms with Gasteiger partial charge in [-0.05, 0) is 0 Å². The molecule has 2 heteroatoms. The molecule has 0 aliphatic rings. The van der Waals surface area contributed by atoms with Gasteiger partial charge in [0.1, 0.15) is 0 Å². The number of unbranched alkanes of at least 4 members (excludes halogenated alkanes) is 3. The SMILES string of the molecule is CCC[CH2][Sn]([CH2]CCC)([CH2]CCC)[c]1cc2ccccc2c(C(=O)c2ccc(C)cc2)c1-c1ccccc1. The zero-order valence-electron chi connectivity index (χ0n) is 23.9. The van der Waals surface area contributed by atoms with Crippen molar-refractivity contribution in [3.05, 3.63) is 102 Å². The Bertz CT molecular complexity index is 1320. The molecular weight excluding hydrogens is 567 g/mol. The van der Waals surface area contributed by atoms with E-state index in [1.54, 1.807) is 3.58 Å². The summed E-state index contributed by atoms with van der Waals surface area (Å²) in [4.78, 5) is 14.5. The zero-order chi connectivity index (χ0) is 27.0. The molecule has 0 spiro atoms. The fourth-order valence-electron chi connectivity index (χ4n) is 6.08. The van der Waals surface area contributed by atoms with Gasteiger partial charge >= 0.3 is 236 Å². The van der Waals surface area contributed by atoms with Gasteiger partial charge in [0, 0.05) is 0 Å². The van der Waals surface area contributed by atoms with Gasteiger partial charge in [0.15, 0.2) is 0 Å². The van der Waals surface area contributed by atoms with E-state index in [1.807, 2.05) is 12.1 Å². The van der Waals surface area contributed by atoms with Gasteiger partial charge in [0.05, 0.1) is 0 Å². The molecule has 0 unspecified atom stereocenters. The predicted octanol–water partition coefficient (Wildman–Crippen LogP) is 10.1.